The molecule has 1 fully saturated rings. The quantitative estimate of drug-likeness (QED) is 0.843. The molecule has 0 radical (unpaired) electrons. The lowest BCUT2D eigenvalue weighted by molar-refractivity contribution is -0.158. The Bertz CT molecular complexity index is 542. The molecule has 21 heavy (non-hydrogen) atoms. The van der Waals surface area contributed by atoms with E-state index in [1.807, 2.05) is 45.0 Å². The fourth-order valence-electron chi connectivity index (χ4n) is 2.91. The Morgan fingerprint density at radius 2 is 1.86 bits per heavy atom. The van der Waals surface area contributed by atoms with E-state index in [1.54, 1.807) is 9.80 Å². The van der Waals surface area contributed by atoms with E-state index < -0.39 is 11.8 Å². The normalized spacial score (nSPS) is 18.9. The maximum Gasteiger partial charge on any atom is 0.312 e. The molecule has 114 valence electrons. The van der Waals surface area contributed by atoms with Gasteiger partial charge in [0, 0.05) is 25.7 Å². The Morgan fingerprint density at radius 3 is 2.43 bits per heavy atom. The number of carbonyl (C=O) groups is 2. The second-order valence-electron chi connectivity index (χ2n) is 5.54. The molecule has 0 aliphatic carbocycles. The second-order valence-corrected chi connectivity index (χ2v) is 5.54. The predicted molar refractivity (Wildman–Crippen MR) is 81.5 cm³/mol. The molecule has 5 nitrogen and oxygen atoms in total. The van der Waals surface area contributed by atoms with Crippen molar-refractivity contribution in [3.63, 3.8) is 0 Å². The number of piperazine rings is 1. The van der Waals surface area contributed by atoms with Crippen LogP contribution in [0.25, 0.3) is 0 Å². The summed E-state index contributed by atoms with van der Waals surface area (Å²) in [5.74, 6) is -0.878. The summed E-state index contributed by atoms with van der Waals surface area (Å²) in [7, 11) is 0. The van der Waals surface area contributed by atoms with Crippen LogP contribution >= 0.6 is 0 Å². The van der Waals surface area contributed by atoms with Crippen molar-refractivity contribution in [1.29, 1.82) is 0 Å². The zero-order valence-electron chi connectivity index (χ0n) is 12.9. The van der Waals surface area contributed by atoms with Crippen molar-refractivity contribution in [3.8, 4) is 0 Å². The van der Waals surface area contributed by atoms with Crippen molar-refractivity contribution in [2.75, 3.05) is 19.6 Å². The topological polar surface area (TPSA) is 66.6 Å². The molecule has 2 rings (SSSR count). The molecule has 1 saturated heterocycles. The third-order valence-electron chi connectivity index (χ3n) is 4.06. The molecule has 1 aliphatic heterocycles. The van der Waals surface area contributed by atoms with Crippen molar-refractivity contribution in [2.45, 2.75) is 32.9 Å². The highest BCUT2D eigenvalue weighted by Gasteiger charge is 2.37. The van der Waals surface area contributed by atoms with E-state index in [0.717, 1.165) is 11.1 Å². The number of nitrogens with zero attached hydrogens (tertiary/aromatic N) is 2. The molecule has 2 N–H and O–H groups in total. The van der Waals surface area contributed by atoms with Crippen LogP contribution in [0.15, 0.2) is 24.3 Å². The predicted octanol–water partition coefficient (Wildman–Crippen LogP) is 1.07. The fraction of sp³-hybridized carbons (Fsp3) is 0.500. The Hall–Kier alpha value is -1.88. The van der Waals surface area contributed by atoms with E-state index >= 15 is 0 Å². The lowest BCUT2D eigenvalue weighted by atomic mass is 9.94. The molecular formula is C16H23N3O2. The molecule has 0 spiro atoms. The number of carbonyl (C=O) groups excluding carboxylic acids is 2. The Morgan fingerprint density at radius 1 is 1.19 bits per heavy atom. The first-order chi connectivity index (χ1) is 9.97. The number of hydrogen-bond acceptors (Lipinski definition) is 3. The van der Waals surface area contributed by atoms with Crippen molar-refractivity contribution < 1.29 is 9.59 Å². The number of hydrogen-bond donors (Lipinski definition) is 1. The van der Waals surface area contributed by atoms with Gasteiger partial charge in [-0.15, -0.1) is 0 Å². The first kappa shape index (κ1) is 15.5. The van der Waals surface area contributed by atoms with E-state index in [0.29, 0.717) is 19.6 Å². The molecule has 2 amide bonds. The SMILES string of the molecule is CCN1CCN(C(c2ccccc2C)C(C)N)C(=O)C1=O. The third kappa shape index (κ3) is 2.93. The van der Waals surface area contributed by atoms with Crippen LogP contribution in [0.4, 0.5) is 0 Å². The van der Waals surface area contributed by atoms with Crippen molar-refractivity contribution in [2.24, 2.45) is 5.73 Å². The van der Waals surface area contributed by atoms with E-state index in [-0.39, 0.29) is 12.1 Å². The second kappa shape index (κ2) is 6.26. The van der Waals surface area contributed by atoms with Crippen molar-refractivity contribution in [3.05, 3.63) is 35.4 Å². The number of likely N-dealkylation sites (N-methyl/N-ethyl adjacent to an activating group) is 1. The van der Waals surface area contributed by atoms with Gasteiger partial charge < -0.3 is 15.5 Å². The van der Waals surface area contributed by atoms with Gasteiger partial charge in [-0.1, -0.05) is 24.3 Å². The Labute approximate surface area is 125 Å². The third-order valence-corrected chi connectivity index (χ3v) is 4.06. The molecule has 1 aliphatic rings. The minimum Gasteiger partial charge on any atom is -0.333 e. The summed E-state index contributed by atoms with van der Waals surface area (Å²) in [5.41, 5.74) is 8.22. The van der Waals surface area contributed by atoms with Gasteiger partial charge in [-0.05, 0) is 31.9 Å². The smallest absolute Gasteiger partial charge is 0.312 e. The number of aryl methyl sites for hydroxylation is 1. The van der Waals surface area contributed by atoms with Crippen LogP contribution in [-0.2, 0) is 9.59 Å². The van der Waals surface area contributed by atoms with E-state index in [1.165, 1.54) is 0 Å². The monoisotopic (exact) mass is 289 g/mol. The van der Waals surface area contributed by atoms with Gasteiger partial charge in [-0.3, -0.25) is 9.59 Å². The lowest BCUT2D eigenvalue weighted by Gasteiger charge is -2.40. The summed E-state index contributed by atoms with van der Waals surface area (Å²) in [4.78, 5) is 27.7. The molecule has 1 heterocycles. The van der Waals surface area contributed by atoms with Crippen LogP contribution in [0, 0.1) is 6.92 Å². The largest absolute Gasteiger partial charge is 0.333 e. The van der Waals surface area contributed by atoms with E-state index in [9.17, 15) is 9.59 Å². The average Bonchev–Trinajstić information content (AvgIpc) is 2.45. The molecule has 5 heteroatoms. The molecule has 0 bridgehead atoms. The molecule has 2 unspecified atom stereocenters. The van der Waals surface area contributed by atoms with Gasteiger partial charge in [0.2, 0.25) is 0 Å². The summed E-state index contributed by atoms with van der Waals surface area (Å²) < 4.78 is 0. The van der Waals surface area contributed by atoms with Crippen LogP contribution in [-0.4, -0.2) is 47.3 Å². The van der Waals surface area contributed by atoms with Crippen LogP contribution in [0.2, 0.25) is 0 Å². The first-order valence-corrected chi connectivity index (χ1v) is 7.38. The highest BCUT2D eigenvalue weighted by molar-refractivity contribution is 6.35. The van der Waals surface area contributed by atoms with Crippen LogP contribution < -0.4 is 5.73 Å². The first-order valence-electron chi connectivity index (χ1n) is 7.38. The zero-order chi connectivity index (χ0) is 15.6. The molecular weight excluding hydrogens is 266 g/mol. The number of rotatable bonds is 4. The van der Waals surface area contributed by atoms with Gasteiger partial charge in [0.05, 0.1) is 6.04 Å². The van der Waals surface area contributed by atoms with Crippen molar-refractivity contribution >= 4 is 11.8 Å². The number of nitrogens with two attached hydrogens (primary N) is 1. The van der Waals surface area contributed by atoms with E-state index in [2.05, 4.69) is 0 Å². The minimum atomic E-state index is -0.450. The van der Waals surface area contributed by atoms with Gasteiger partial charge in [-0.25, -0.2) is 0 Å². The summed E-state index contributed by atoms with van der Waals surface area (Å²) >= 11 is 0. The summed E-state index contributed by atoms with van der Waals surface area (Å²) in [6.07, 6.45) is 0. The van der Waals surface area contributed by atoms with Crippen molar-refractivity contribution in [1.82, 2.24) is 9.80 Å². The van der Waals surface area contributed by atoms with Crippen LogP contribution in [0.5, 0.6) is 0 Å². The Kier molecular flexibility index (Phi) is 4.63. The maximum absolute atomic E-state index is 12.4. The lowest BCUT2D eigenvalue weighted by Crippen LogP contribution is -2.57. The van der Waals surface area contributed by atoms with Gasteiger partial charge in [0.15, 0.2) is 0 Å². The number of benzene rings is 1. The summed E-state index contributed by atoms with van der Waals surface area (Å²) in [6, 6.07) is 7.37. The fourth-order valence-corrected chi connectivity index (χ4v) is 2.91. The van der Waals surface area contributed by atoms with Gasteiger partial charge in [0.25, 0.3) is 0 Å². The minimum absolute atomic E-state index is 0.240. The highest BCUT2D eigenvalue weighted by Crippen LogP contribution is 2.28. The van der Waals surface area contributed by atoms with Gasteiger partial charge >= 0.3 is 11.8 Å². The van der Waals surface area contributed by atoms with Crippen LogP contribution in [0.1, 0.15) is 31.0 Å². The summed E-state index contributed by atoms with van der Waals surface area (Å²) in [6.45, 7) is 7.41. The molecule has 0 aromatic heterocycles. The number of amides is 2. The van der Waals surface area contributed by atoms with Gasteiger partial charge in [-0.2, -0.15) is 0 Å². The Balaban J connectivity index is 2.34. The molecule has 2 atom stereocenters. The average molecular weight is 289 g/mol. The maximum atomic E-state index is 12.4. The molecule has 1 aromatic carbocycles. The summed E-state index contributed by atoms with van der Waals surface area (Å²) in [5, 5.41) is 0. The zero-order valence-corrected chi connectivity index (χ0v) is 12.9. The van der Waals surface area contributed by atoms with Gasteiger partial charge in [0.1, 0.15) is 0 Å². The molecule has 1 aromatic rings. The van der Waals surface area contributed by atoms with Crippen LogP contribution in [0.3, 0.4) is 0 Å². The van der Waals surface area contributed by atoms with E-state index in [4.69, 9.17) is 5.73 Å². The molecule has 0 saturated carbocycles. The standard InChI is InChI=1S/C16H23N3O2/c1-4-18-9-10-19(16(21)15(18)20)14(12(3)17)13-8-6-5-7-11(13)2/h5-8,12,14H,4,9-10,17H2,1-3H3. The highest BCUT2D eigenvalue weighted by atomic mass is 16.2.